The first-order valence-electron chi connectivity index (χ1n) is 11.8. The number of likely N-dealkylation sites (N-methyl/N-ethyl adjacent to an activating group) is 2. The van der Waals surface area contributed by atoms with Gasteiger partial charge in [0.2, 0.25) is 5.91 Å². The van der Waals surface area contributed by atoms with E-state index >= 15 is 0 Å². The van der Waals surface area contributed by atoms with E-state index in [1.165, 1.54) is 0 Å². The third-order valence-corrected chi connectivity index (χ3v) is 6.37. The van der Waals surface area contributed by atoms with Gasteiger partial charge in [0.25, 0.3) is 0 Å². The minimum Gasteiger partial charge on any atom is -0.457 e. The van der Waals surface area contributed by atoms with Crippen LogP contribution in [0.2, 0.25) is 0 Å². The van der Waals surface area contributed by atoms with E-state index in [2.05, 4.69) is 34.1 Å². The lowest BCUT2D eigenvalue weighted by Gasteiger charge is -2.31. The summed E-state index contributed by atoms with van der Waals surface area (Å²) in [4.78, 5) is 15.9. The number of benzene rings is 2. The molecular formula is C26H32N6O2. The Bertz CT molecular complexity index is 1190. The van der Waals surface area contributed by atoms with Crippen molar-refractivity contribution in [2.45, 2.75) is 32.4 Å². The number of likely N-dealkylation sites (tertiary alicyclic amines) is 1. The van der Waals surface area contributed by atoms with Crippen LogP contribution in [0.5, 0.6) is 11.5 Å². The van der Waals surface area contributed by atoms with Crippen molar-refractivity contribution in [3.8, 4) is 17.6 Å². The second kappa shape index (κ2) is 10.7. The third-order valence-electron chi connectivity index (χ3n) is 6.37. The molecule has 0 spiro atoms. The molecular weight excluding hydrogens is 428 g/mol. The predicted molar refractivity (Wildman–Crippen MR) is 132 cm³/mol. The molecule has 0 aliphatic carbocycles. The van der Waals surface area contributed by atoms with Gasteiger partial charge in [0, 0.05) is 45.0 Å². The number of nitrogens with zero attached hydrogens (tertiary/aromatic N) is 5. The molecule has 1 fully saturated rings. The van der Waals surface area contributed by atoms with Gasteiger partial charge in [0.05, 0.1) is 28.9 Å². The van der Waals surface area contributed by atoms with E-state index in [0.29, 0.717) is 17.1 Å². The van der Waals surface area contributed by atoms with E-state index in [0.717, 1.165) is 62.2 Å². The fraction of sp³-hybridized carbons (Fsp3) is 0.423. The number of piperidine rings is 1. The summed E-state index contributed by atoms with van der Waals surface area (Å²) in [6.07, 6.45) is 1.79. The Morgan fingerprint density at radius 3 is 2.71 bits per heavy atom. The maximum Gasteiger partial charge on any atom is 0.219 e. The van der Waals surface area contributed by atoms with Gasteiger partial charge in [0.1, 0.15) is 11.5 Å². The van der Waals surface area contributed by atoms with Gasteiger partial charge < -0.3 is 15.0 Å². The van der Waals surface area contributed by atoms with Crippen molar-refractivity contribution in [2.75, 3.05) is 40.3 Å². The summed E-state index contributed by atoms with van der Waals surface area (Å²) < 4.78 is 8.24. The molecule has 1 amide bonds. The summed E-state index contributed by atoms with van der Waals surface area (Å²) in [6, 6.07) is 15.7. The molecule has 178 valence electrons. The van der Waals surface area contributed by atoms with Crippen LogP contribution in [0.1, 0.15) is 37.1 Å². The van der Waals surface area contributed by atoms with Crippen molar-refractivity contribution < 1.29 is 9.53 Å². The second-order valence-electron chi connectivity index (χ2n) is 8.89. The van der Waals surface area contributed by atoms with E-state index in [-0.39, 0.29) is 11.9 Å². The van der Waals surface area contributed by atoms with Crippen molar-refractivity contribution in [1.82, 2.24) is 24.9 Å². The zero-order valence-electron chi connectivity index (χ0n) is 20.1. The Hall–Kier alpha value is -3.41. The molecule has 0 saturated carbocycles. The van der Waals surface area contributed by atoms with Gasteiger partial charge in [-0.2, -0.15) is 10.4 Å². The molecule has 1 aliphatic rings. The van der Waals surface area contributed by atoms with Crippen molar-refractivity contribution in [3.05, 3.63) is 53.7 Å². The summed E-state index contributed by atoms with van der Waals surface area (Å²) in [5.74, 6) is 1.49. The Morgan fingerprint density at radius 2 is 2.00 bits per heavy atom. The zero-order chi connectivity index (χ0) is 24.1. The molecule has 2 heterocycles. The number of carbonyl (C=O) groups excluding carboxylic acids is 1. The van der Waals surface area contributed by atoms with Crippen molar-refractivity contribution in [2.24, 2.45) is 0 Å². The lowest BCUT2D eigenvalue weighted by Crippen LogP contribution is -2.37. The Labute approximate surface area is 200 Å². The highest BCUT2D eigenvalue weighted by atomic mass is 16.5. The number of ether oxygens (including phenoxy) is 1. The quantitative estimate of drug-likeness (QED) is 0.553. The summed E-state index contributed by atoms with van der Waals surface area (Å²) in [5.41, 5.74) is 2.66. The number of hydrogen-bond donors (Lipinski definition) is 1. The van der Waals surface area contributed by atoms with Crippen LogP contribution in [0.25, 0.3) is 10.9 Å². The minimum absolute atomic E-state index is 0.137. The van der Waals surface area contributed by atoms with Gasteiger partial charge in [-0.15, -0.1) is 0 Å². The molecule has 1 aliphatic heterocycles. The molecule has 2 aromatic carbocycles. The summed E-state index contributed by atoms with van der Waals surface area (Å²) >= 11 is 0. The molecule has 34 heavy (non-hydrogen) atoms. The first-order chi connectivity index (χ1) is 16.5. The van der Waals surface area contributed by atoms with Gasteiger partial charge in [0.15, 0.2) is 0 Å². The topological polar surface area (TPSA) is 86.4 Å². The number of nitriles is 1. The lowest BCUT2D eigenvalue weighted by atomic mass is 10.0. The maximum absolute atomic E-state index is 11.8. The van der Waals surface area contributed by atoms with Crippen LogP contribution in [-0.4, -0.2) is 65.8 Å². The van der Waals surface area contributed by atoms with Gasteiger partial charge in [-0.3, -0.25) is 14.4 Å². The number of fused-ring (bicyclic) bond motifs is 1. The van der Waals surface area contributed by atoms with E-state index in [4.69, 9.17) is 9.84 Å². The monoisotopic (exact) mass is 460 g/mol. The molecule has 8 heteroatoms. The summed E-state index contributed by atoms with van der Waals surface area (Å²) in [5, 5.41) is 18.5. The number of rotatable bonds is 8. The molecule has 0 unspecified atom stereocenters. The predicted octanol–water partition coefficient (Wildman–Crippen LogP) is 3.53. The lowest BCUT2D eigenvalue weighted by molar-refractivity contribution is -0.130. The van der Waals surface area contributed by atoms with Gasteiger partial charge in [-0.05, 0) is 63.3 Å². The van der Waals surface area contributed by atoms with Gasteiger partial charge in [-0.1, -0.05) is 6.07 Å². The molecule has 0 atom stereocenters. The number of carbonyl (C=O) groups is 1. The van der Waals surface area contributed by atoms with Crippen LogP contribution in [0.4, 0.5) is 0 Å². The number of hydrogen-bond acceptors (Lipinski definition) is 6. The number of nitrogens with one attached hydrogen (secondary N) is 1. The van der Waals surface area contributed by atoms with Crippen molar-refractivity contribution in [3.63, 3.8) is 0 Å². The number of amides is 1. The standard InChI is InChI=1S/C26H32N6O2/c1-19(33)31-12-9-21(10-13-31)32-26-8-7-23(34-22-6-4-5-20(15-22)17-27)16-24(26)25(29-32)18-30(3)14-11-28-2/h4-8,15-16,21,28H,9-14,18H2,1-3H3. The van der Waals surface area contributed by atoms with E-state index in [9.17, 15) is 10.1 Å². The highest BCUT2D eigenvalue weighted by molar-refractivity contribution is 5.84. The Kier molecular flexibility index (Phi) is 7.46. The molecule has 1 saturated heterocycles. The van der Waals surface area contributed by atoms with Crippen LogP contribution >= 0.6 is 0 Å². The second-order valence-corrected chi connectivity index (χ2v) is 8.89. The van der Waals surface area contributed by atoms with Crippen molar-refractivity contribution >= 4 is 16.8 Å². The smallest absolute Gasteiger partial charge is 0.219 e. The normalized spacial score (nSPS) is 14.5. The molecule has 0 bridgehead atoms. The van der Waals surface area contributed by atoms with Gasteiger partial charge >= 0.3 is 0 Å². The van der Waals surface area contributed by atoms with Crippen LogP contribution < -0.4 is 10.1 Å². The summed E-state index contributed by atoms with van der Waals surface area (Å²) in [7, 11) is 4.05. The Morgan fingerprint density at radius 1 is 1.24 bits per heavy atom. The largest absolute Gasteiger partial charge is 0.457 e. The molecule has 1 aromatic heterocycles. The fourth-order valence-electron chi connectivity index (χ4n) is 4.47. The fourth-order valence-corrected chi connectivity index (χ4v) is 4.47. The molecule has 0 radical (unpaired) electrons. The highest BCUT2D eigenvalue weighted by Crippen LogP contribution is 2.32. The molecule has 1 N–H and O–H groups in total. The molecule has 8 nitrogen and oxygen atoms in total. The van der Waals surface area contributed by atoms with E-state index < -0.39 is 0 Å². The molecule has 4 rings (SSSR count). The Balaban J connectivity index is 1.64. The summed E-state index contributed by atoms with van der Waals surface area (Å²) in [6.45, 7) is 5.70. The first kappa shape index (κ1) is 23.7. The third kappa shape index (κ3) is 5.38. The minimum atomic E-state index is 0.137. The average Bonchev–Trinajstić information content (AvgIpc) is 3.20. The zero-order valence-corrected chi connectivity index (χ0v) is 20.1. The van der Waals surface area contributed by atoms with Crippen LogP contribution in [-0.2, 0) is 11.3 Å². The van der Waals surface area contributed by atoms with Crippen LogP contribution in [0.15, 0.2) is 42.5 Å². The molecule has 3 aromatic rings. The number of aromatic nitrogens is 2. The SMILES string of the molecule is CNCCN(C)Cc1nn(C2CCN(C(C)=O)CC2)c2ccc(Oc3cccc(C#N)c3)cc12. The van der Waals surface area contributed by atoms with Gasteiger partial charge in [-0.25, -0.2) is 0 Å². The van der Waals surface area contributed by atoms with E-state index in [1.807, 2.05) is 36.2 Å². The van der Waals surface area contributed by atoms with Crippen LogP contribution in [0, 0.1) is 11.3 Å². The highest BCUT2D eigenvalue weighted by Gasteiger charge is 2.25. The first-order valence-corrected chi connectivity index (χ1v) is 11.8. The van der Waals surface area contributed by atoms with Crippen molar-refractivity contribution in [1.29, 1.82) is 5.26 Å². The van der Waals surface area contributed by atoms with E-state index in [1.54, 1.807) is 19.1 Å². The maximum atomic E-state index is 11.8. The van der Waals surface area contributed by atoms with Crippen LogP contribution in [0.3, 0.4) is 0 Å². The average molecular weight is 461 g/mol.